The van der Waals surface area contributed by atoms with Crippen LogP contribution in [-0.4, -0.2) is 15.4 Å². The molecule has 0 fully saturated rings. The summed E-state index contributed by atoms with van der Waals surface area (Å²) in [5, 5.41) is 0. The molecule has 3 N–H and O–H groups in total. The molecule has 1 aromatic rings. The SMILES string of the molecule is CS(=O)Nc1ncccc1CN. The number of nitrogens with zero attached hydrogens (tertiary/aromatic N) is 1. The smallest absolute Gasteiger partial charge is 0.142 e. The molecule has 5 heteroatoms. The molecule has 0 aromatic carbocycles. The summed E-state index contributed by atoms with van der Waals surface area (Å²) in [6.07, 6.45) is 3.18. The minimum Gasteiger partial charge on any atom is -0.326 e. The van der Waals surface area contributed by atoms with Crippen molar-refractivity contribution in [2.75, 3.05) is 11.0 Å². The van der Waals surface area contributed by atoms with Gasteiger partial charge in [0.15, 0.2) is 0 Å². The van der Waals surface area contributed by atoms with Gasteiger partial charge in [0.05, 0.1) is 0 Å². The van der Waals surface area contributed by atoms with Gasteiger partial charge in [-0.3, -0.25) is 4.72 Å². The van der Waals surface area contributed by atoms with Crippen molar-refractivity contribution in [3.8, 4) is 0 Å². The van der Waals surface area contributed by atoms with Crippen LogP contribution >= 0.6 is 0 Å². The highest BCUT2D eigenvalue weighted by molar-refractivity contribution is 7.85. The van der Waals surface area contributed by atoms with Gasteiger partial charge in [0.2, 0.25) is 0 Å². The molecule has 0 aliphatic heterocycles. The van der Waals surface area contributed by atoms with Crippen molar-refractivity contribution in [2.24, 2.45) is 5.73 Å². The van der Waals surface area contributed by atoms with Gasteiger partial charge in [0.1, 0.15) is 16.8 Å². The standard InChI is InChI=1S/C7H11N3OS/c1-12(11)10-7-6(5-8)3-2-4-9-7/h2-4H,5,8H2,1H3,(H,9,10). The zero-order valence-electron chi connectivity index (χ0n) is 6.78. The summed E-state index contributed by atoms with van der Waals surface area (Å²) in [5.41, 5.74) is 6.32. The molecule has 0 radical (unpaired) electrons. The number of nitrogens with one attached hydrogen (secondary N) is 1. The van der Waals surface area contributed by atoms with Crippen LogP contribution < -0.4 is 10.5 Å². The molecule has 1 rings (SSSR count). The Labute approximate surface area is 73.8 Å². The van der Waals surface area contributed by atoms with Crippen LogP contribution in [0.2, 0.25) is 0 Å². The van der Waals surface area contributed by atoms with Gasteiger partial charge in [-0.2, -0.15) is 0 Å². The Bertz CT molecular complexity index is 290. The van der Waals surface area contributed by atoms with Gasteiger partial charge in [0.25, 0.3) is 0 Å². The minimum atomic E-state index is -1.10. The number of anilines is 1. The van der Waals surface area contributed by atoms with E-state index in [9.17, 15) is 4.21 Å². The summed E-state index contributed by atoms with van der Waals surface area (Å²) in [6, 6.07) is 3.65. The highest BCUT2D eigenvalue weighted by Crippen LogP contribution is 2.09. The number of rotatable bonds is 3. The number of nitrogens with two attached hydrogens (primary N) is 1. The third kappa shape index (κ3) is 2.28. The first-order valence-corrected chi connectivity index (χ1v) is 5.04. The van der Waals surface area contributed by atoms with Gasteiger partial charge in [-0.05, 0) is 6.07 Å². The van der Waals surface area contributed by atoms with Crippen LogP contribution in [0.5, 0.6) is 0 Å². The van der Waals surface area contributed by atoms with Crippen LogP contribution in [-0.2, 0) is 17.5 Å². The third-order valence-electron chi connectivity index (χ3n) is 1.35. The van der Waals surface area contributed by atoms with E-state index in [1.54, 1.807) is 18.5 Å². The lowest BCUT2D eigenvalue weighted by molar-refractivity contribution is 0.689. The zero-order valence-corrected chi connectivity index (χ0v) is 7.60. The average molecular weight is 185 g/mol. The summed E-state index contributed by atoms with van der Waals surface area (Å²) in [7, 11) is -1.10. The van der Waals surface area contributed by atoms with Crippen LogP contribution in [0.1, 0.15) is 5.56 Å². The van der Waals surface area contributed by atoms with E-state index >= 15 is 0 Å². The van der Waals surface area contributed by atoms with Gasteiger partial charge in [-0.15, -0.1) is 0 Å². The van der Waals surface area contributed by atoms with E-state index < -0.39 is 11.0 Å². The molecule has 0 amide bonds. The summed E-state index contributed by atoms with van der Waals surface area (Å²) >= 11 is 0. The second-order valence-electron chi connectivity index (χ2n) is 2.27. The Morgan fingerprint density at radius 1 is 1.75 bits per heavy atom. The van der Waals surface area contributed by atoms with Crippen LogP contribution in [0.25, 0.3) is 0 Å². The quantitative estimate of drug-likeness (QED) is 0.709. The molecule has 0 bridgehead atoms. The lowest BCUT2D eigenvalue weighted by Crippen LogP contribution is -2.08. The third-order valence-corrected chi connectivity index (χ3v) is 1.83. The lowest BCUT2D eigenvalue weighted by atomic mass is 10.3. The van der Waals surface area contributed by atoms with Gasteiger partial charge in [-0.1, -0.05) is 6.07 Å². The van der Waals surface area contributed by atoms with Crippen molar-refractivity contribution in [1.82, 2.24) is 4.98 Å². The molecule has 0 saturated carbocycles. The molecule has 1 aromatic heterocycles. The largest absolute Gasteiger partial charge is 0.326 e. The van der Waals surface area contributed by atoms with E-state index in [0.717, 1.165) is 5.56 Å². The number of pyridine rings is 1. The molecular weight excluding hydrogens is 174 g/mol. The molecule has 1 unspecified atom stereocenters. The minimum absolute atomic E-state index is 0.396. The first kappa shape index (κ1) is 9.15. The summed E-state index contributed by atoms with van der Waals surface area (Å²) in [4.78, 5) is 4.01. The van der Waals surface area contributed by atoms with Gasteiger partial charge < -0.3 is 5.73 Å². The van der Waals surface area contributed by atoms with Crippen molar-refractivity contribution in [3.05, 3.63) is 23.9 Å². The maximum atomic E-state index is 10.8. The Balaban J connectivity index is 2.89. The van der Waals surface area contributed by atoms with E-state index in [1.807, 2.05) is 6.07 Å². The first-order chi connectivity index (χ1) is 5.74. The predicted octanol–water partition coefficient (Wildman–Crippen LogP) is 0.246. The molecule has 0 saturated heterocycles. The number of hydrogen-bond donors (Lipinski definition) is 2. The van der Waals surface area contributed by atoms with Crippen molar-refractivity contribution in [1.29, 1.82) is 0 Å². The van der Waals surface area contributed by atoms with E-state index in [2.05, 4.69) is 9.71 Å². The van der Waals surface area contributed by atoms with Gasteiger partial charge in [0, 0.05) is 24.6 Å². The van der Waals surface area contributed by atoms with Crippen molar-refractivity contribution >= 4 is 16.8 Å². The lowest BCUT2D eigenvalue weighted by Gasteiger charge is -2.05. The Kier molecular flexibility index (Phi) is 3.19. The maximum absolute atomic E-state index is 10.8. The first-order valence-electron chi connectivity index (χ1n) is 3.48. The predicted molar refractivity (Wildman–Crippen MR) is 49.8 cm³/mol. The van der Waals surface area contributed by atoms with Crippen molar-refractivity contribution in [3.63, 3.8) is 0 Å². The maximum Gasteiger partial charge on any atom is 0.142 e. The summed E-state index contributed by atoms with van der Waals surface area (Å²) in [6.45, 7) is 0.396. The molecule has 1 atom stereocenters. The zero-order chi connectivity index (χ0) is 8.97. The molecule has 0 aliphatic rings. The van der Waals surface area contributed by atoms with Crippen LogP contribution in [0, 0.1) is 0 Å². The molecule has 1 heterocycles. The molecular formula is C7H11N3OS. The fraction of sp³-hybridized carbons (Fsp3) is 0.286. The molecule has 12 heavy (non-hydrogen) atoms. The summed E-state index contributed by atoms with van der Waals surface area (Å²) in [5.74, 6) is 0.598. The van der Waals surface area contributed by atoms with Crippen LogP contribution in [0.15, 0.2) is 18.3 Å². The van der Waals surface area contributed by atoms with Gasteiger partial charge in [-0.25, -0.2) is 9.19 Å². The van der Waals surface area contributed by atoms with Crippen LogP contribution in [0.3, 0.4) is 0 Å². The Morgan fingerprint density at radius 2 is 2.50 bits per heavy atom. The topological polar surface area (TPSA) is 68.0 Å². The second-order valence-corrected chi connectivity index (χ2v) is 3.38. The highest BCUT2D eigenvalue weighted by Gasteiger charge is 2.00. The molecule has 4 nitrogen and oxygen atoms in total. The highest BCUT2D eigenvalue weighted by atomic mass is 32.2. The molecule has 66 valence electrons. The monoisotopic (exact) mass is 185 g/mol. The average Bonchev–Trinajstić information content (AvgIpc) is 2.04. The fourth-order valence-electron chi connectivity index (χ4n) is 0.831. The number of aromatic nitrogens is 1. The molecule has 0 spiro atoms. The Morgan fingerprint density at radius 3 is 3.08 bits per heavy atom. The van der Waals surface area contributed by atoms with Gasteiger partial charge >= 0.3 is 0 Å². The van der Waals surface area contributed by atoms with Crippen molar-refractivity contribution < 1.29 is 4.21 Å². The van der Waals surface area contributed by atoms with Crippen molar-refractivity contribution in [2.45, 2.75) is 6.54 Å². The second kappa shape index (κ2) is 4.18. The van der Waals surface area contributed by atoms with Crippen LogP contribution in [0.4, 0.5) is 5.82 Å². The van der Waals surface area contributed by atoms with E-state index in [4.69, 9.17) is 5.73 Å². The fourth-order valence-corrected chi connectivity index (χ4v) is 1.29. The van der Waals surface area contributed by atoms with E-state index in [0.29, 0.717) is 12.4 Å². The summed E-state index contributed by atoms with van der Waals surface area (Å²) < 4.78 is 13.5. The van der Waals surface area contributed by atoms with E-state index in [1.165, 1.54) is 0 Å². The number of hydrogen-bond acceptors (Lipinski definition) is 3. The normalized spacial score (nSPS) is 12.5. The Hall–Kier alpha value is -0.940. The van der Waals surface area contributed by atoms with E-state index in [-0.39, 0.29) is 0 Å². The molecule has 0 aliphatic carbocycles.